The van der Waals surface area contributed by atoms with E-state index in [2.05, 4.69) is 20.6 Å². The largest absolute Gasteiger partial charge is 0.395 e. The van der Waals surface area contributed by atoms with E-state index in [1.807, 2.05) is 30.5 Å². The first-order valence-electron chi connectivity index (χ1n) is 7.18. The first-order valence-corrected chi connectivity index (χ1v) is 8.00. The van der Waals surface area contributed by atoms with Gasteiger partial charge in [0.05, 0.1) is 16.8 Å². The fraction of sp³-hybridized carbons (Fsp3) is 0.188. The number of nitrogens with zero attached hydrogens (tertiary/aromatic N) is 2. The van der Waals surface area contributed by atoms with Gasteiger partial charge in [-0.25, -0.2) is 4.98 Å². The minimum atomic E-state index is -0.195. The SMILES string of the molecule is O=C(NCCO)c1ccc2nc(NCc3cccnc3)sc2c1. The van der Waals surface area contributed by atoms with E-state index in [1.165, 1.54) is 11.3 Å². The van der Waals surface area contributed by atoms with Crippen molar-refractivity contribution in [2.45, 2.75) is 6.54 Å². The minimum absolute atomic E-state index is 0.0725. The molecule has 2 aromatic heterocycles. The van der Waals surface area contributed by atoms with Crippen LogP contribution in [0.4, 0.5) is 5.13 Å². The first kappa shape index (κ1) is 15.4. The van der Waals surface area contributed by atoms with Crippen LogP contribution in [-0.2, 0) is 6.54 Å². The predicted molar refractivity (Wildman–Crippen MR) is 90.6 cm³/mol. The number of nitrogens with one attached hydrogen (secondary N) is 2. The molecule has 3 rings (SSSR count). The van der Waals surface area contributed by atoms with Gasteiger partial charge in [0.2, 0.25) is 0 Å². The number of carbonyl (C=O) groups is 1. The van der Waals surface area contributed by atoms with E-state index >= 15 is 0 Å². The van der Waals surface area contributed by atoms with Crippen molar-refractivity contribution in [3.63, 3.8) is 0 Å². The molecule has 3 N–H and O–H groups in total. The van der Waals surface area contributed by atoms with Crippen molar-refractivity contribution in [2.24, 2.45) is 0 Å². The van der Waals surface area contributed by atoms with Gasteiger partial charge in [-0.1, -0.05) is 17.4 Å². The Labute approximate surface area is 137 Å². The molecule has 0 fully saturated rings. The van der Waals surface area contributed by atoms with E-state index in [1.54, 1.807) is 12.3 Å². The van der Waals surface area contributed by atoms with Gasteiger partial charge in [-0.05, 0) is 29.8 Å². The van der Waals surface area contributed by atoms with E-state index in [-0.39, 0.29) is 19.1 Å². The minimum Gasteiger partial charge on any atom is -0.395 e. The number of aliphatic hydroxyl groups is 1. The fourth-order valence-electron chi connectivity index (χ4n) is 2.09. The molecule has 118 valence electrons. The second-order valence-electron chi connectivity index (χ2n) is 4.90. The molecule has 6 nitrogen and oxygen atoms in total. The number of amides is 1. The molecule has 7 heteroatoms. The zero-order chi connectivity index (χ0) is 16.1. The predicted octanol–water partition coefficient (Wildman–Crippen LogP) is 2.03. The first-order chi connectivity index (χ1) is 11.3. The summed E-state index contributed by atoms with van der Waals surface area (Å²) in [4.78, 5) is 20.5. The zero-order valence-corrected chi connectivity index (χ0v) is 13.1. The third-order valence-corrected chi connectivity index (χ3v) is 4.19. The summed E-state index contributed by atoms with van der Waals surface area (Å²) in [5.41, 5.74) is 2.49. The van der Waals surface area contributed by atoms with Gasteiger partial charge in [-0.15, -0.1) is 0 Å². The third kappa shape index (κ3) is 3.82. The second kappa shape index (κ2) is 7.17. The number of aliphatic hydroxyl groups excluding tert-OH is 1. The molecule has 3 aromatic rings. The number of benzene rings is 1. The van der Waals surface area contributed by atoms with Crippen LogP contribution in [0.2, 0.25) is 0 Å². The highest BCUT2D eigenvalue weighted by atomic mass is 32.1. The molecule has 0 aliphatic rings. The number of hydrogen-bond acceptors (Lipinski definition) is 6. The van der Waals surface area contributed by atoms with E-state index in [4.69, 9.17) is 5.11 Å². The molecule has 0 saturated carbocycles. The molecule has 0 saturated heterocycles. The van der Waals surface area contributed by atoms with E-state index in [0.717, 1.165) is 20.9 Å². The monoisotopic (exact) mass is 328 g/mol. The molecule has 1 amide bonds. The van der Waals surface area contributed by atoms with Crippen LogP contribution in [-0.4, -0.2) is 34.1 Å². The number of aromatic nitrogens is 2. The maximum atomic E-state index is 11.9. The summed E-state index contributed by atoms with van der Waals surface area (Å²) < 4.78 is 0.940. The smallest absolute Gasteiger partial charge is 0.251 e. The zero-order valence-electron chi connectivity index (χ0n) is 12.3. The summed E-state index contributed by atoms with van der Waals surface area (Å²) in [6.07, 6.45) is 3.55. The highest BCUT2D eigenvalue weighted by molar-refractivity contribution is 7.22. The lowest BCUT2D eigenvalue weighted by Crippen LogP contribution is -2.26. The number of carbonyl (C=O) groups excluding carboxylic acids is 1. The number of thiazole rings is 1. The molecule has 0 aliphatic carbocycles. The number of pyridine rings is 1. The lowest BCUT2D eigenvalue weighted by Gasteiger charge is -2.02. The number of rotatable bonds is 6. The maximum Gasteiger partial charge on any atom is 0.251 e. The van der Waals surface area contributed by atoms with Crippen LogP contribution in [0.1, 0.15) is 15.9 Å². The summed E-state index contributed by atoms with van der Waals surface area (Å²) in [6.45, 7) is 0.825. The Bertz CT molecular complexity index is 804. The third-order valence-electron chi connectivity index (χ3n) is 3.21. The molecule has 0 atom stereocenters. The molecule has 0 bridgehead atoms. The molecule has 23 heavy (non-hydrogen) atoms. The molecule has 0 radical (unpaired) electrons. The highest BCUT2D eigenvalue weighted by Crippen LogP contribution is 2.27. The van der Waals surface area contributed by atoms with Crippen LogP contribution < -0.4 is 10.6 Å². The normalized spacial score (nSPS) is 10.7. The van der Waals surface area contributed by atoms with Crippen molar-refractivity contribution in [1.82, 2.24) is 15.3 Å². The second-order valence-corrected chi connectivity index (χ2v) is 5.93. The molecule has 0 spiro atoms. The molecule has 0 unspecified atom stereocenters. The van der Waals surface area contributed by atoms with Gasteiger partial charge in [0.15, 0.2) is 5.13 Å². The summed E-state index contributed by atoms with van der Waals surface area (Å²) in [5.74, 6) is -0.195. The Balaban J connectivity index is 1.72. The quantitative estimate of drug-likeness (QED) is 0.644. The molecule has 0 aliphatic heterocycles. The van der Waals surface area contributed by atoms with Crippen LogP contribution in [0.25, 0.3) is 10.2 Å². The number of anilines is 1. The van der Waals surface area contributed by atoms with Crippen LogP contribution >= 0.6 is 11.3 Å². The highest BCUT2D eigenvalue weighted by Gasteiger charge is 2.09. The van der Waals surface area contributed by atoms with E-state index in [0.29, 0.717) is 12.1 Å². The van der Waals surface area contributed by atoms with Crippen LogP contribution in [0.15, 0.2) is 42.7 Å². The summed E-state index contributed by atoms with van der Waals surface area (Å²) in [7, 11) is 0. The standard InChI is InChI=1S/C16H16N4O2S/c21-7-6-18-15(22)12-3-4-13-14(8-12)23-16(20-13)19-10-11-2-1-5-17-9-11/h1-5,8-9,21H,6-7,10H2,(H,18,22)(H,19,20). The van der Waals surface area contributed by atoms with Crippen molar-refractivity contribution in [3.8, 4) is 0 Å². The Kier molecular flexibility index (Phi) is 4.80. The Hall–Kier alpha value is -2.51. The lowest BCUT2D eigenvalue weighted by atomic mass is 10.2. The maximum absolute atomic E-state index is 11.9. The van der Waals surface area contributed by atoms with E-state index < -0.39 is 0 Å². The van der Waals surface area contributed by atoms with Crippen LogP contribution in [0, 0.1) is 0 Å². The van der Waals surface area contributed by atoms with Crippen molar-refractivity contribution >= 4 is 32.6 Å². The molecule has 1 aromatic carbocycles. The Morgan fingerprint density at radius 2 is 2.22 bits per heavy atom. The average Bonchev–Trinajstić information content (AvgIpc) is 3.00. The Morgan fingerprint density at radius 3 is 3.00 bits per heavy atom. The molecular formula is C16H16N4O2S. The van der Waals surface area contributed by atoms with Crippen LogP contribution in [0.3, 0.4) is 0 Å². The van der Waals surface area contributed by atoms with Crippen molar-refractivity contribution < 1.29 is 9.90 Å². The van der Waals surface area contributed by atoms with E-state index in [9.17, 15) is 4.79 Å². The van der Waals surface area contributed by atoms with Gasteiger partial charge < -0.3 is 15.7 Å². The summed E-state index contributed by atoms with van der Waals surface area (Å²) >= 11 is 1.50. The van der Waals surface area contributed by atoms with Crippen molar-refractivity contribution in [1.29, 1.82) is 0 Å². The summed E-state index contributed by atoms with van der Waals surface area (Å²) in [5, 5.41) is 15.5. The Morgan fingerprint density at radius 1 is 1.30 bits per heavy atom. The van der Waals surface area contributed by atoms with Gasteiger partial charge in [-0.2, -0.15) is 0 Å². The van der Waals surface area contributed by atoms with Crippen molar-refractivity contribution in [2.75, 3.05) is 18.5 Å². The van der Waals surface area contributed by atoms with Gasteiger partial charge in [0.1, 0.15) is 0 Å². The van der Waals surface area contributed by atoms with Gasteiger partial charge in [0, 0.05) is 31.0 Å². The van der Waals surface area contributed by atoms with Crippen molar-refractivity contribution in [3.05, 3.63) is 53.9 Å². The average molecular weight is 328 g/mol. The van der Waals surface area contributed by atoms with Crippen LogP contribution in [0.5, 0.6) is 0 Å². The van der Waals surface area contributed by atoms with Gasteiger partial charge in [0.25, 0.3) is 5.91 Å². The summed E-state index contributed by atoms with van der Waals surface area (Å²) in [6, 6.07) is 9.27. The topological polar surface area (TPSA) is 87.1 Å². The van der Waals surface area contributed by atoms with Gasteiger partial charge in [-0.3, -0.25) is 9.78 Å². The van der Waals surface area contributed by atoms with Gasteiger partial charge >= 0.3 is 0 Å². The number of hydrogen-bond donors (Lipinski definition) is 3. The number of fused-ring (bicyclic) bond motifs is 1. The lowest BCUT2D eigenvalue weighted by molar-refractivity contribution is 0.0945. The molecule has 2 heterocycles. The fourth-order valence-corrected chi connectivity index (χ4v) is 2.99. The molecular weight excluding hydrogens is 312 g/mol.